The summed E-state index contributed by atoms with van der Waals surface area (Å²) in [5.74, 6) is -0.329. The number of thioether (sulfide) groups is 1. The predicted molar refractivity (Wildman–Crippen MR) is 100 cm³/mol. The van der Waals surface area contributed by atoms with Gasteiger partial charge in [0.1, 0.15) is 6.54 Å². The number of rotatable bonds is 4. The summed E-state index contributed by atoms with van der Waals surface area (Å²) < 4.78 is 2.33. The lowest BCUT2D eigenvalue weighted by Crippen LogP contribution is -2.40. The molecule has 0 saturated carbocycles. The highest BCUT2D eigenvalue weighted by Crippen LogP contribution is 2.19. The molecule has 1 aromatic heterocycles. The molecule has 1 N–H and O–H groups in total. The fourth-order valence-corrected chi connectivity index (χ4v) is 3.10. The van der Waals surface area contributed by atoms with Gasteiger partial charge in [0.2, 0.25) is 5.91 Å². The third-order valence-electron chi connectivity index (χ3n) is 3.90. The second-order valence-corrected chi connectivity index (χ2v) is 6.41. The zero-order chi connectivity index (χ0) is 18.0. The number of anilines is 1. The SMILES string of the molecule is CSc1cccc(NC(=O)Cn2c(=O)n(C)c(=O)c3ccccc32)c1. The molecular formula is C18H17N3O3S. The number of carbonyl (C=O) groups excluding carboxylic acids is 1. The van der Waals surface area contributed by atoms with Gasteiger partial charge >= 0.3 is 5.69 Å². The van der Waals surface area contributed by atoms with E-state index in [0.29, 0.717) is 16.6 Å². The van der Waals surface area contributed by atoms with Crippen LogP contribution in [-0.2, 0) is 18.4 Å². The minimum Gasteiger partial charge on any atom is -0.324 e. The summed E-state index contributed by atoms with van der Waals surface area (Å²) in [5, 5.41) is 3.20. The molecule has 0 fully saturated rings. The first-order valence-corrected chi connectivity index (χ1v) is 8.86. The van der Waals surface area contributed by atoms with Gasteiger partial charge in [-0.2, -0.15) is 0 Å². The summed E-state index contributed by atoms with van der Waals surface area (Å²) in [6, 6.07) is 14.2. The molecule has 3 rings (SSSR count). The van der Waals surface area contributed by atoms with Crippen molar-refractivity contribution in [3.05, 3.63) is 69.4 Å². The molecular weight excluding hydrogens is 338 g/mol. The molecule has 1 heterocycles. The highest BCUT2D eigenvalue weighted by Gasteiger charge is 2.13. The van der Waals surface area contributed by atoms with Crippen LogP contribution in [0.3, 0.4) is 0 Å². The lowest BCUT2D eigenvalue weighted by atomic mass is 10.2. The normalized spacial score (nSPS) is 10.8. The Hall–Kier alpha value is -2.80. The number of para-hydroxylation sites is 1. The number of carbonyl (C=O) groups is 1. The third kappa shape index (κ3) is 3.36. The Morgan fingerprint density at radius 3 is 2.64 bits per heavy atom. The average Bonchev–Trinajstić information content (AvgIpc) is 2.63. The molecule has 3 aromatic rings. The number of nitrogens with one attached hydrogen (secondary N) is 1. The lowest BCUT2D eigenvalue weighted by molar-refractivity contribution is -0.116. The van der Waals surface area contributed by atoms with Crippen molar-refractivity contribution in [2.75, 3.05) is 11.6 Å². The van der Waals surface area contributed by atoms with Crippen LogP contribution in [-0.4, -0.2) is 21.3 Å². The number of benzene rings is 2. The van der Waals surface area contributed by atoms with E-state index in [0.717, 1.165) is 9.46 Å². The summed E-state index contributed by atoms with van der Waals surface area (Å²) in [7, 11) is 1.41. The van der Waals surface area contributed by atoms with E-state index in [9.17, 15) is 14.4 Å². The summed E-state index contributed by atoms with van der Waals surface area (Å²) in [6.07, 6.45) is 1.96. The van der Waals surface area contributed by atoms with Gasteiger partial charge in [0.05, 0.1) is 10.9 Å². The first-order valence-electron chi connectivity index (χ1n) is 7.63. The molecule has 1 amide bonds. The van der Waals surface area contributed by atoms with Crippen LogP contribution in [0.25, 0.3) is 10.9 Å². The van der Waals surface area contributed by atoms with E-state index in [1.165, 1.54) is 11.6 Å². The lowest BCUT2D eigenvalue weighted by Gasteiger charge is -2.12. The Morgan fingerprint density at radius 1 is 1.12 bits per heavy atom. The summed E-state index contributed by atoms with van der Waals surface area (Å²) in [4.78, 5) is 38.1. The number of aromatic nitrogens is 2. The predicted octanol–water partition coefficient (Wildman–Crippen LogP) is 2.06. The number of hydrogen-bond acceptors (Lipinski definition) is 4. The van der Waals surface area contributed by atoms with Gasteiger partial charge in [-0.05, 0) is 36.6 Å². The van der Waals surface area contributed by atoms with Crippen molar-refractivity contribution in [3.8, 4) is 0 Å². The summed E-state index contributed by atoms with van der Waals surface area (Å²) in [6.45, 7) is -0.170. The molecule has 25 heavy (non-hydrogen) atoms. The van der Waals surface area contributed by atoms with E-state index in [4.69, 9.17) is 0 Å². The number of amides is 1. The van der Waals surface area contributed by atoms with Gasteiger partial charge in [0, 0.05) is 17.6 Å². The topological polar surface area (TPSA) is 73.1 Å². The molecule has 0 radical (unpaired) electrons. The monoisotopic (exact) mass is 355 g/mol. The Bertz CT molecular complexity index is 1070. The summed E-state index contributed by atoms with van der Waals surface area (Å²) >= 11 is 1.58. The van der Waals surface area contributed by atoms with Crippen LogP contribution < -0.4 is 16.6 Å². The molecule has 7 heteroatoms. The zero-order valence-corrected chi connectivity index (χ0v) is 14.7. The Labute approximate surface area is 148 Å². The van der Waals surface area contributed by atoms with Crippen LogP contribution in [0, 0.1) is 0 Å². The van der Waals surface area contributed by atoms with Crippen molar-refractivity contribution in [2.45, 2.75) is 11.4 Å². The van der Waals surface area contributed by atoms with Gasteiger partial charge in [-0.25, -0.2) is 4.79 Å². The highest BCUT2D eigenvalue weighted by atomic mass is 32.2. The van der Waals surface area contributed by atoms with Gasteiger partial charge in [-0.1, -0.05) is 18.2 Å². The van der Waals surface area contributed by atoms with E-state index >= 15 is 0 Å². The van der Waals surface area contributed by atoms with Gasteiger partial charge in [-0.15, -0.1) is 11.8 Å². The second kappa shape index (κ2) is 6.98. The van der Waals surface area contributed by atoms with E-state index < -0.39 is 5.69 Å². The van der Waals surface area contributed by atoms with E-state index in [2.05, 4.69) is 5.32 Å². The average molecular weight is 355 g/mol. The van der Waals surface area contributed by atoms with Crippen LogP contribution in [0.4, 0.5) is 5.69 Å². The van der Waals surface area contributed by atoms with E-state index in [1.807, 2.05) is 24.5 Å². The molecule has 0 unspecified atom stereocenters. The van der Waals surface area contributed by atoms with Crippen LogP contribution >= 0.6 is 11.8 Å². The van der Waals surface area contributed by atoms with Gasteiger partial charge in [0.25, 0.3) is 5.56 Å². The molecule has 128 valence electrons. The molecule has 0 spiro atoms. The third-order valence-corrected chi connectivity index (χ3v) is 4.63. The van der Waals surface area contributed by atoms with E-state index in [1.54, 1.807) is 42.1 Å². The Morgan fingerprint density at radius 2 is 1.88 bits per heavy atom. The minimum absolute atomic E-state index is 0.170. The fraction of sp³-hybridized carbons (Fsp3) is 0.167. The maximum Gasteiger partial charge on any atom is 0.331 e. The highest BCUT2D eigenvalue weighted by molar-refractivity contribution is 7.98. The molecule has 0 saturated heterocycles. The largest absolute Gasteiger partial charge is 0.331 e. The Kier molecular flexibility index (Phi) is 4.76. The van der Waals surface area contributed by atoms with Crippen LogP contribution in [0.5, 0.6) is 0 Å². The zero-order valence-electron chi connectivity index (χ0n) is 13.9. The second-order valence-electron chi connectivity index (χ2n) is 5.53. The molecule has 2 aromatic carbocycles. The van der Waals surface area contributed by atoms with Crippen molar-refractivity contribution in [3.63, 3.8) is 0 Å². The molecule has 0 atom stereocenters. The van der Waals surface area contributed by atoms with Crippen molar-refractivity contribution in [2.24, 2.45) is 7.05 Å². The van der Waals surface area contributed by atoms with Crippen molar-refractivity contribution in [1.82, 2.24) is 9.13 Å². The van der Waals surface area contributed by atoms with E-state index in [-0.39, 0.29) is 18.0 Å². The van der Waals surface area contributed by atoms with Crippen LogP contribution in [0.1, 0.15) is 0 Å². The standard InChI is InChI=1S/C18H17N3O3S/c1-20-17(23)14-8-3-4-9-15(14)21(18(20)24)11-16(22)19-12-6-5-7-13(10-12)25-2/h3-10H,11H2,1-2H3,(H,19,22). The smallest absolute Gasteiger partial charge is 0.324 e. The number of nitrogens with zero attached hydrogens (tertiary/aromatic N) is 2. The maximum atomic E-state index is 12.4. The molecule has 0 aliphatic heterocycles. The van der Waals surface area contributed by atoms with Gasteiger partial charge in [-0.3, -0.25) is 18.7 Å². The Balaban J connectivity index is 1.96. The first-order chi connectivity index (χ1) is 12.0. The number of hydrogen-bond donors (Lipinski definition) is 1. The minimum atomic E-state index is -0.517. The maximum absolute atomic E-state index is 12.4. The quantitative estimate of drug-likeness (QED) is 0.727. The molecule has 6 nitrogen and oxygen atoms in total. The van der Waals surface area contributed by atoms with Crippen LogP contribution in [0.15, 0.2) is 63.0 Å². The molecule has 0 aliphatic carbocycles. The molecule has 0 aliphatic rings. The van der Waals surface area contributed by atoms with Gasteiger partial charge < -0.3 is 5.32 Å². The number of fused-ring (bicyclic) bond motifs is 1. The van der Waals surface area contributed by atoms with Crippen molar-refractivity contribution < 1.29 is 4.79 Å². The van der Waals surface area contributed by atoms with Crippen molar-refractivity contribution >= 4 is 34.3 Å². The van der Waals surface area contributed by atoms with Crippen LogP contribution in [0.2, 0.25) is 0 Å². The fourth-order valence-electron chi connectivity index (χ4n) is 2.64. The van der Waals surface area contributed by atoms with Crippen molar-refractivity contribution in [1.29, 1.82) is 0 Å². The first kappa shape index (κ1) is 17.0. The molecule has 0 bridgehead atoms. The van der Waals surface area contributed by atoms with Gasteiger partial charge in [0.15, 0.2) is 0 Å². The summed E-state index contributed by atoms with van der Waals surface area (Å²) in [5.41, 5.74) is 0.226.